The van der Waals surface area contributed by atoms with Gasteiger partial charge in [-0.25, -0.2) is 4.99 Å². The van der Waals surface area contributed by atoms with Gasteiger partial charge >= 0.3 is 0 Å². The number of methoxy groups -OCH3 is 2. The number of guanidine groups is 1. The summed E-state index contributed by atoms with van der Waals surface area (Å²) in [5.41, 5.74) is 6.80. The highest BCUT2D eigenvalue weighted by Crippen LogP contribution is 2.36. The number of benzene rings is 1. The second-order valence-corrected chi connectivity index (χ2v) is 5.29. The van der Waals surface area contributed by atoms with Crippen LogP contribution < -0.4 is 20.5 Å². The quantitative estimate of drug-likeness (QED) is 0.641. The normalized spacial score (nSPS) is 15.2. The van der Waals surface area contributed by atoms with Crippen LogP contribution in [-0.4, -0.2) is 26.2 Å². The summed E-state index contributed by atoms with van der Waals surface area (Å²) in [4.78, 5) is 4.31. The molecule has 0 radical (unpaired) electrons. The molecule has 0 atom stereocenters. The van der Waals surface area contributed by atoms with Gasteiger partial charge in [0.2, 0.25) is 0 Å². The van der Waals surface area contributed by atoms with Crippen molar-refractivity contribution in [1.29, 1.82) is 0 Å². The minimum atomic E-state index is 0.494. The molecule has 0 saturated heterocycles. The van der Waals surface area contributed by atoms with Crippen molar-refractivity contribution < 1.29 is 9.47 Å². The van der Waals surface area contributed by atoms with Crippen LogP contribution in [0.15, 0.2) is 21.6 Å². The van der Waals surface area contributed by atoms with E-state index in [0.29, 0.717) is 30.0 Å². The van der Waals surface area contributed by atoms with Gasteiger partial charge in [0, 0.05) is 6.04 Å². The van der Waals surface area contributed by atoms with Gasteiger partial charge < -0.3 is 20.5 Å². The average Bonchev–Trinajstić information content (AvgIpc) is 3.19. The first kappa shape index (κ1) is 14.0. The number of ether oxygens (including phenoxy) is 2. The third-order valence-electron chi connectivity index (χ3n) is 2.85. The first-order valence-electron chi connectivity index (χ1n) is 6.11. The summed E-state index contributed by atoms with van der Waals surface area (Å²) in [5, 5.41) is 3.15. The molecule has 5 nitrogen and oxygen atoms in total. The van der Waals surface area contributed by atoms with E-state index in [1.165, 1.54) is 12.8 Å². The van der Waals surface area contributed by atoms with Crippen LogP contribution in [0.25, 0.3) is 0 Å². The average molecular weight is 328 g/mol. The molecule has 0 aromatic heterocycles. The largest absolute Gasteiger partial charge is 0.493 e. The highest BCUT2D eigenvalue weighted by atomic mass is 79.9. The molecule has 1 aliphatic rings. The molecule has 0 unspecified atom stereocenters. The van der Waals surface area contributed by atoms with Crippen molar-refractivity contribution in [3.63, 3.8) is 0 Å². The van der Waals surface area contributed by atoms with Crippen LogP contribution in [0.1, 0.15) is 18.4 Å². The summed E-state index contributed by atoms with van der Waals surface area (Å²) < 4.78 is 11.4. The van der Waals surface area contributed by atoms with Crippen LogP contribution in [0.4, 0.5) is 0 Å². The summed E-state index contributed by atoms with van der Waals surface area (Å²) in [7, 11) is 3.22. The SMILES string of the molecule is COc1cc(CN=C(N)NC2CC2)cc(Br)c1OC. The number of aliphatic imine (C=N–C) groups is 1. The zero-order chi connectivity index (χ0) is 13.8. The van der Waals surface area contributed by atoms with Crippen molar-refractivity contribution in [3.8, 4) is 11.5 Å². The second-order valence-electron chi connectivity index (χ2n) is 4.43. The third kappa shape index (κ3) is 3.76. The van der Waals surface area contributed by atoms with Gasteiger partial charge in [-0.1, -0.05) is 0 Å². The molecule has 0 amide bonds. The Kier molecular flexibility index (Phi) is 4.52. The Morgan fingerprint density at radius 1 is 1.42 bits per heavy atom. The van der Waals surface area contributed by atoms with Gasteiger partial charge in [-0.2, -0.15) is 0 Å². The molecule has 1 aliphatic carbocycles. The highest BCUT2D eigenvalue weighted by Gasteiger charge is 2.21. The van der Waals surface area contributed by atoms with Gasteiger partial charge in [-0.15, -0.1) is 0 Å². The lowest BCUT2D eigenvalue weighted by molar-refractivity contribution is 0.352. The molecule has 1 aromatic rings. The van der Waals surface area contributed by atoms with E-state index in [4.69, 9.17) is 15.2 Å². The molecular weight excluding hydrogens is 310 g/mol. The minimum Gasteiger partial charge on any atom is -0.493 e. The smallest absolute Gasteiger partial charge is 0.189 e. The van der Waals surface area contributed by atoms with E-state index >= 15 is 0 Å². The lowest BCUT2D eigenvalue weighted by Gasteiger charge is -2.11. The first-order chi connectivity index (χ1) is 9.13. The van der Waals surface area contributed by atoms with E-state index in [1.54, 1.807) is 14.2 Å². The van der Waals surface area contributed by atoms with E-state index in [2.05, 4.69) is 26.2 Å². The molecule has 6 heteroatoms. The summed E-state index contributed by atoms with van der Waals surface area (Å²) in [6.45, 7) is 0.504. The predicted octanol–water partition coefficient (Wildman–Crippen LogP) is 2.03. The van der Waals surface area contributed by atoms with E-state index in [-0.39, 0.29) is 0 Å². The number of nitrogens with two attached hydrogens (primary N) is 1. The van der Waals surface area contributed by atoms with Gasteiger partial charge in [-0.05, 0) is 46.5 Å². The molecule has 0 heterocycles. The fourth-order valence-electron chi connectivity index (χ4n) is 1.72. The number of rotatable bonds is 5. The molecule has 104 valence electrons. The minimum absolute atomic E-state index is 0.494. The summed E-state index contributed by atoms with van der Waals surface area (Å²) in [6.07, 6.45) is 2.36. The van der Waals surface area contributed by atoms with Crippen LogP contribution in [-0.2, 0) is 6.54 Å². The van der Waals surface area contributed by atoms with Gasteiger partial charge in [0.05, 0.1) is 25.2 Å². The van der Waals surface area contributed by atoms with Crippen LogP contribution in [0.5, 0.6) is 11.5 Å². The van der Waals surface area contributed by atoms with Gasteiger partial charge in [0.1, 0.15) is 0 Å². The van der Waals surface area contributed by atoms with Gasteiger partial charge in [0.15, 0.2) is 17.5 Å². The molecule has 0 bridgehead atoms. The van der Waals surface area contributed by atoms with Crippen molar-refractivity contribution in [1.82, 2.24) is 5.32 Å². The van der Waals surface area contributed by atoms with Crippen molar-refractivity contribution in [3.05, 3.63) is 22.2 Å². The number of hydrogen-bond acceptors (Lipinski definition) is 3. The number of nitrogens with zero attached hydrogens (tertiary/aromatic N) is 1. The Morgan fingerprint density at radius 2 is 2.16 bits per heavy atom. The van der Waals surface area contributed by atoms with Crippen LogP contribution in [0.3, 0.4) is 0 Å². The topological polar surface area (TPSA) is 68.9 Å². The van der Waals surface area contributed by atoms with Crippen molar-refractivity contribution in [2.24, 2.45) is 10.7 Å². The van der Waals surface area contributed by atoms with E-state index in [1.807, 2.05) is 12.1 Å². The van der Waals surface area contributed by atoms with E-state index in [0.717, 1.165) is 10.0 Å². The maximum Gasteiger partial charge on any atom is 0.189 e. The summed E-state index contributed by atoms with van der Waals surface area (Å²) in [5.74, 6) is 1.85. The Balaban J connectivity index is 2.09. The van der Waals surface area contributed by atoms with E-state index < -0.39 is 0 Å². The molecule has 0 aliphatic heterocycles. The number of halogens is 1. The molecule has 19 heavy (non-hydrogen) atoms. The lowest BCUT2D eigenvalue weighted by atomic mass is 10.2. The molecule has 3 N–H and O–H groups in total. The van der Waals surface area contributed by atoms with Crippen molar-refractivity contribution in [2.45, 2.75) is 25.4 Å². The van der Waals surface area contributed by atoms with Crippen molar-refractivity contribution >= 4 is 21.9 Å². The standard InChI is InChI=1S/C13H18BrN3O2/c1-18-11-6-8(5-10(14)12(11)19-2)7-16-13(15)17-9-3-4-9/h5-6,9H,3-4,7H2,1-2H3,(H3,15,16,17). The molecule has 2 rings (SSSR count). The van der Waals surface area contributed by atoms with Crippen molar-refractivity contribution in [2.75, 3.05) is 14.2 Å². The highest BCUT2D eigenvalue weighted by molar-refractivity contribution is 9.10. The predicted molar refractivity (Wildman–Crippen MR) is 78.7 cm³/mol. The Morgan fingerprint density at radius 3 is 2.74 bits per heavy atom. The third-order valence-corrected chi connectivity index (χ3v) is 3.44. The van der Waals surface area contributed by atoms with Gasteiger partial charge in [0.25, 0.3) is 0 Å². The van der Waals surface area contributed by atoms with E-state index in [9.17, 15) is 0 Å². The zero-order valence-corrected chi connectivity index (χ0v) is 12.7. The summed E-state index contributed by atoms with van der Waals surface area (Å²) in [6, 6.07) is 4.37. The van der Waals surface area contributed by atoms with Crippen LogP contribution in [0, 0.1) is 0 Å². The van der Waals surface area contributed by atoms with Crippen LogP contribution >= 0.6 is 15.9 Å². The molecule has 1 fully saturated rings. The molecule has 1 saturated carbocycles. The Labute approximate surface area is 121 Å². The lowest BCUT2D eigenvalue weighted by Crippen LogP contribution is -2.33. The number of hydrogen-bond donors (Lipinski definition) is 2. The first-order valence-corrected chi connectivity index (χ1v) is 6.90. The second kappa shape index (κ2) is 6.14. The maximum atomic E-state index is 5.80. The Hall–Kier alpha value is -1.43. The maximum absolute atomic E-state index is 5.80. The fraction of sp³-hybridized carbons (Fsp3) is 0.462. The molecule has 1 aromatic carbocycles. The summed E-state index contributed by atoms with van der Waals surface area (Å²) >= 11 is 3.46. The fourth-order valence-corrected chi connectivity index (χ4v) is 2.37. The Bertz CT molecular complexity index is 487. The molecular formula is C13H18BrN3O2. The molecule has 0 spiro atoms. The van der Waals surface area contributed by atoms with Crippen LogP contribution in [0.2, 0.25) is 0 Å². The van der Waals surface area contributed by atoms with Gasteiger partial charge in [-0.3, -0.25) is 0 Å². The number of nitrogens with one attached hydrogen (secondary N) is 1. The zero-order valence-electron chi connectivity index (χ0n) is 11.1. The monoisotopic (exact) mass is 327 g/mol.